The zero-order valence-electron chi connectivity index (χ0n) is 14.4. The van der Waals surface area contributed by atoms with Gasteiger partial charge in [-0.05, 0) is 49.4 Å². The fraction of sp³-hybridized carbons (Fsp3) is 0.333. The summed E-state index contributed by atoms with van der Waals surface area (Å²) in [5, 5.41) is 10.8. The van der Waals surface area contributed by atoms with E-state index in [1.807, 2.05) is 6.07 Å². The number of nitrogens with one attached hydrogen (secondary N) is 2. The van der Waals surface area contributed by atoms with Crippen LogP contribution < -0.4 is 10.9 Å². The monoisotopic (exact) mass is 391 g/mol. The molecule has 1 aliphatic carbocycles. The molecule has 0 bridgehead atoms. The van der Waals surface area contributed by atoms with E-state index in [4.69, 9.17) is 0 Å². The molecule has 7 nitrogen and oxygen atoms in total. The van der Waals surface area contributed by atoms with Crippen LogP contribution in [0.15, 0.2) is 24.3 Å². The first kappa shape index (κ1) is 19.0. The zero-order chi connectivity index (χ0) is 19.4. The minimum absolute atomic E-state index is 0.123. The fourth-order valence-corrected chi connectivity index (χ4v) is 4.15. The number of rotatable bonds is 3. The molecule has 2 N–H and O–H groups in total. The van der Waals surface area contributed by atoms with Gasteiger partial charge in [-0.2, -0.15) is 4.39 Å². The zero-order valence-corrected chi connectivity index (χ0v) is 15.2. The lowest BCUT2D eigenvalue weighted by atomic mass is 10.00. The molecule has 0 aliphatic heterocycles. The number of amides is 2. The predicted molar refractivity (Wildman–Crippen MR) is 98.2 cm³/mol. The van der Waals surface area contributed by atoms with Gasteiger partial charge in [-0.25, -0.2) is 0 Å². The molecular formula is C18H18FN3O4S. The number of halogens is 1. The van der Waals surface area contributed by atoms with E-state index in [0.717, 1.165) is 43.9 Å². The Morgan fingerprint density at radius 1 is 1.04 bits per heavy atom. The molecule has 0 fully saturated rings. The maximum Gasteiger partial charge on any atom is 0.305 e. The van der Waals surface area contributed by atoms with Gasteiger partial charge in [0.15, 0.2) is 0 Å². The van der Waals surface area contributed by atoms with Crippen LogP contribution in [0.2, 0.25) is 0 Å². The molecule has 0 radical (unpaired) electrons. The number of carbonyl (C=O) groups excluding carboxylic acids is 2. The summed E-state index contributed by atoms with van der Waals surface area (Å²) in [4.78, 5) is 36.0. The van der Waals surface area contributed by atoms with Gasteiger partial charge < -0.3 is 0 Å². The molecule has 2 aromatic rings. The van der Waals surface area contributed by atoms with E-state index in [9.17, 15) is 24.1 Å². The highest BCUT2D eigenvalue weighted by Crippen LogP contribution is 2.28. The van der Waals surface area contributed by atoms with E-state index in [1.165, 1.54) is 34.6 Å². The van der Waals surface area contributed by atoms with Gasteiger partial charge in [0.1, 0.15) is 0 Å². The number of hydrogen-bond acceptors (Lipinski definition) is 5. The summed E-state index contributed by atoms with van der Waals surface area (Å²) in [7, 11) is 0. The van der Waals surface area contributed by atoms with E-state index >= 15 is 0 Å². The SMILES string of the molecule is O=C(NNC(=O)c1cc2c(s1)CCCCCC2)c1ccc(F)c([N+](=O)[O-])c1. The first-order valence-corrected chi connectivity index (χ1v) is 9.43. The number of aryl methyl sites for hydroxylation is 2. The Hall–Kier alpha value is -2.81. The molecule has 1 aromatic carbocycles. The Morgan fingerprint density at radius 2 is 1.74 bits per heavy atom. The maximum atomic E-state index is 13.3. The van der Waals surface area contributed by atoms with Gasteiger partial charge in [-0.1, -0.05) is 12.8 Å². The third-order valence-corrected chi connectivity index (χ3v) is 5.65. The molecule has 0 spiro atoms. The molecule has 0 saturated heterocycles. The summed E-state index contributed by atoms with van der Waals surface area (Å²) < 4.78 is 13.3. The van der Waals surface area contributed by atoms with Crippen LogP contribution >= 0.6 is 11.3 Å². The number of benzene rings is 1. The minimum Gasteiger partial charge on any atom is -0.267 e. The Balaban J connectivity index is 1.65. The van der Waals surface area contributed by atoms with Crippen LogP contribution in [0.4, 0.5) is 10.1 Å². The molecule has 9 heteroatoms. The molecule has 27 heavy (non-hydrogen) atoms. The number of carbonyl (C=O) groups is 2. The Labute approximate surface area is 158 Å². The average Bonchev–Trinajstić information content (AvgIpc) is 3.01. The number of nitro groups is 1. The number of fused-ring (bicyclic) bond motifs is 1. The van der Waals surface area contributed by atoms with Gasteiger partial charge in [0, 0.05) is 16.5 Å². The third-order valence-electron chi connectivity index (χ3n) is 4.41. The van der Waals surface area contributed by atoms with E-state index in [0.29, 0.717) is 4.88 Å². The lowest BCUT2D eigenvalue weighted by molar-refractivity contribution is -0.387. The van der Waals surface area contributed by atoms with Gasteiger partial charge in [0.2, 0.25) is 5.82 Å². The predicted octanol–water partition coefficient (Wildman–Crippen LogP) is 3.53. The van der Waals surface area contributed by atoms with Gasteiger partial charge in [-0.3, -0.25) is 30.6 Å². The highest BCUT2D eigenvalue weighted by molar-refractivity contribution is 7.14. The fourth-order valence-electron chi connectivity index (χ4n) is 3.00. The van der Waals surface area contributed by atoms with Crippen molar-refractivity contribution in [3.8, 4) is 0 Å². The van der Waals surface area contributed by atoms with Gasteiger partial charge in [0.25, 0.3) is 11.8 Å². The topological polar surface area (TPSA) is 101 Å². The van der Waals surface area contributed by atoms with Crippen molar-refractivity contribution in [3.63, 3.8) is 0 Å². The normalized spacial score (nSPS) is 13.8. The van der Waals surface area contributed by atoms with Crippen LogP contribution in [-0.2, 0) is 12.8 Å². The largest absolute Gasteiger partial charge is 0.305 e. The second-order valence-corrected chi connectivity index (χ2v) is 7.44. The van der Waals surface area contributed by atoms with Crippen LogP contribution in [0.3, 0.4) is 0 Å². The third kappa shape index (κ3) is 4.48. The van der Waals surface area contributed by atoms with Gasteiger partial charge in [0.05, 0.1) is 9.80 Å². The lowest BCUT2D eigenvalue weighted by Crippen LogP contribution is -2.41. The van der Waals surface area contributed by atoms with Crippen molar-refractivity contribution in [2.24, 2.45) is 0 Å². The summed E-state index contributed by atoms with van der Waals surface area (Å²) in [6.45, 7) is 0. The quantitative estimate of drug-likeness (QED) is 0.617. The van der Waals surface area contributed by atoms with Crippen LogP contribution in [0.5, 0.6) is 0 Å². The van der Waals surface area contributed by atoms with Gasteiger partial charge >= 0.3 is 5.69 Å². The summed E-state index contributed by atoms with van der Waals surface area (Å²) >= 11 is 1.42. The molecule has 1 heterocycles. The van der Waals surface area contributed by atoms with E-state index in [-0.39, 0.29) is 5.56 Å². The lowest BCUT2D eigenvalue weighted by Gasteiger charge is -2.07. The van der Waals surface area contributed by atoms with Crippen LogP contribution in [0.1, 0.15) is 56.2 Å². The Morgan fingerprint density at radius 3 is 2.48 bits per heavy atom. The van der Waals surface area contributed by atoms with Crippen LogP contribution in [0.25, 0.3) is 0 Å². The second kappa shape index (κ2) is 8.26. The van der Waals surface area contributed by atoms with Crippen LogP contribution in [-0.4, -0.2) is 16.7 Å². The molecule has 1 aromatic heterocycles. The minimum atomic E-state index is -1.03. The highest BCUT2D eigenvalue weighted by Gasteiger charge is 2.19. The molecule has 0 saturated carbocycles. The van der Waals surface area contributed by atoms with Crippen molar-refractivity contribution in [1.29, 1.82) is 0 Å². The first-order valence-electron chi connectivity index (χ1n) is 8.62. The number of nitro benzene ring substituents is 1. The van der Waals surface area contributed by atoms with E-state index in [2.05, 4.69) is 10.9 Å². The Kier molecular flexibility index (Phi) is 5.80. The number of nitrogens with zero attached hydrogens (tertiary/aromatic N) is 1. The molecule has 142 valence electrons. The van der Waals surface area contributed by atoms with Crippen molar-refractivity contribution in [2.45, 2.75) is 38.5 Å². The molecule has 2 amide bonds. The van der Waals surface area contributed by atoms with Crippen molar-refractivity contribution >= 4 is 28.8 Å². The number of thiophene rings is 1. The number of hydrazine groups is 1. The van der Waals surface area contributed by atoms with E-state index < -0.39 is 28.2 Å². The summed E-state index contributed by atoms with van der Waals surface area (Å²) in [5.41, 5.74) is 4.78. The van der Waals surface area contributed by atoms with Gasteiger partial charge in [-0.15, -0.1) is 11.3 Å². The van der Waals surface area contributed by atoms with Crippen molar-refractivity contribution in [2.75, 3.05) is 0 Å². The summed E-state index contributed by atoms with van der Waals surface area (Å²) in [5.74, 6) is -2.24. The molecule has 1 aliphatic rings. The smallest absolute Gasteiger partial charge is 0.267 e. The Bertz CT molecular complexity index is 871. The average molecular weight is 391 g/mol. The summed E-state index contributed by atoms with van der Waals surface area (Å²) in [6.07, 6.45) is 6.50. The molecule has 0 unspecified atom stereocenters. The van der Waals surface area contributed by atoms with Crippen molar-refractivity contribution in [3.05, 3.63) is 61.1 Å². The molecule has 0 atom stereocenters. The highest BCUT2D eigenvalue weighted by atomic mass is 32.1. The maximum absolute atomic E-state index is 13.3. The molecule has 3 rings (SSSR count). The second-order valence-electron chi connectivity index (χ2n) is 6.30. The summed E-state index contributed by atoms with van der Waals surface area (Å²) in [6, 6.07) is 4.64. The first-order chi connectivity index (χ1) is 13.0. The van der Waals surface area contributed by atoms with Crippen molar-refractivity contribution < 1.29 is 18.9 Å². The number of hydrogen-bond donors (Lipinski definition) is 2. The van der Waals surface area contributed by atoms with Crippen molar-refractivity contribution in [1.82, 2.24) is 10.9 Å². The van der Waals surface area contributed by atoms with Crippen LogP contribution in [0, 0.1) is 15.9 Å². The standard InChI is InChI=1S/C18H18FN3O4S/c19-13-8-7-12(9-14(13)22(25)26)17(23)20-21-18(24)16-10-11-5-3-1-2-4-6-15(11)27-16/h7-10H,1-6H2,(H,20,23)(H,21,24). The van der Waals surface area contributed by atoms with E-state index in [1.54, 1.807) is 0 Å². The molecular weight excluding hydrogens is 373 g/mol.